The summed E-state index contributed by atoms with van der Waals surface area (Å²) in [6.07, 6.45) is 0.855. The Morgan fingerprint density at radius 2 is 1.93 bits per heavy atom. The van der Waals surface area contributed by atoms with Crippen LogP contribution in [0.3, 0.4) is 0 Å². The van der Waals surface area contributed by atoms with Crippen molar-refractivity contribution in [3.05, 3.63) is 92.1 Å². The maximum atomic E-state index is 13.1. The fourth-order valence-electron chi connectivity index (χ4n) is 4.50. The highest BCUT2D eigenvalue weighted by atomic mass is 35.5. The molecule has 3 aromatic carbocycles. The van der Waals surface area contributed by atoms with Gasteiger partial charge in [-0.15, -0.1) is 11.3 Å². The van der Waals surface area contributed by atoms with Crippen molar-refractivity contribution in [1.82, 2.24) is 0 Å². The number of nitrogens with zero attached hydrogens (tertiary/aromatic N) is 1. The molecule has 1 aromatic heterocycles. The summed E-state index contributed by atoms with van der Waals surface area (Å²) in [5.74, 6) is 0.601. The first kappa shape index (κ1) is 27.7. The van der Waals surface area contributed by atoms with Gasteiger partial charge in [-0.2, -0.15) is 5.26 Å². The van der Waals surface area contributed by atoms with Crippen LogP contribution < -0.4 is 24.7 Å². The van der Waals surface area contributed by atoms with Crippen molar-refractivity contribution in [3.8, 4) is 29.1 Å². The molecule has 0 aliphatic carbocycles. The van der Waals surface area contributed by atoms with Gasteiger partial charge in [-0.1, -0.05) is 48.3 Å². The minimum atomic E-state index is -0.625. The van der Waals surface area contributed by atoms with Gasteiger partial charge in [0.25, 0.3) is 0 Å². The third-order valence-electron chi connectivity index (χ3n) is 6.26. The molecule has 0 amide bonds. The van der Waals surface area contributed by atoms with Gasteiger partial charge in [0, 0.05) is 21.7 Å². The van der Waals surface area contributed by atoms with Crippen LogP contribution in [-0.2, 0) is 0 Å². The number of benzene rings is 3. The second-order valence-electron chi connectivity index (χ2n) is 8.86. The molecular formula is C30H24Cl2N2O5S. The number of rotatable bonds is 8. The van der Waals surface area contributed by atoms with Crippen LogP contribution in [0, 0.1) is 11.3 Å². The van der Waals surface area contributed by atoms with E-state index in [0.717, 1.165) is 16.7 Å². The van der Waals surface area contributed by atoms with Crippen LogP contribution in [0.4, 0.5) is 0 Å². The first-order valence-corrected chi connectivity index (χ1v) is 14.1. The fourth-order valence-corrected chi connectivity index (χ4v) is 6.32. The molecule has 0 saturated carbocycles. The molecule has 1 aliphatic rings. The molecule has 1 atom stereocenters. The quantitative estimate of drug-likeness (QED) is 0.164. The lowest BCUT2D eigenvalue weighted by Gasteiger charge is -2.27. The number of halogens is 2. The average Bonchev–Trinajstić information content (AvgIpc) is 3.29. The molecule has 0 saturated heterocycles. The number of ether oxygens (including phenoxy) is 4. The predicted molar refractivity (Wildman–Crippen MR) is 156 cm³/mol. The Labute approximate surface area is 245 Å². The van der Waals surface area contributed by atoms with Crippen molar-refractivity contribution < 1.29 is 23.7 Å². The highest BCUT2D eigenvalue weighted by Gasteiger charge is 2.32. The normalized spacial score (nSPS) is 14.3. The number of nitrogens with two attached hydrogens (primary N) is 1. The zero-order valence-corrected chi connectivity index (χ0v) is 24.0. The van der Waals surface area contributed by atoms with Gasteiger partial charge in [0.1, 0.15) is 28.0 Å². The summed E-state index contributed by atoms with van der Waals surface area (Å²) in [5, 5.41) is 11.3. The number of nitriles is 1. The lowest BCUT2D eigenvalue weighted by atomic mass is 9.83. The largest absolute Gasteiger partial charge is 0.490 e. The molecule has 0 radical (unpaired) electrons. The van der Waals surface area contributed by atoms with Crippen molar-refractivity contribution in [3.63, 3.8) is 0 Å². The molecule has 1 aliphatic heterocycles. The lowest BCUT2D eigenvalue weighted by molar-refractivity contribution is 0.0740. The van der Waals surface area contributed by atoms with Gasteiger partial charge >= 0.3 is 5.97 Å². The summed E-state index contributed by atoms with van der Waals surface area (Å²) < 4.78 is 23.9. The smallest absolute Gasteiger partial charge is 0.355 e. The van der Waals surface area contributed by atoms with E-state index in [0.29, 0.717) is 46.4 Å². The van der Waals surface area contributed by atoms with E-state index in [9.17, 15) is 10.1 Å². The number of esters is 1. The Morgan fingerprint density at radius 3 is 2.65 bits per heavy atom. The van der Waals surface area contributed by atoms with Gasteiger partial charge in [-0.05, 0) is 49.2 Å². The predicted octanol–water partition coefficient (Wildman–Crippen LogP) is 7.83. The number of hydrogen-bond donors (Lipinski definition) is 1. The highest BCUT2D eigenvalue weighted by molar-refractivity contribution is 7.21. The molecule has 2 N–H and O–H groups in total. The van der Waals surface area contributed by atoms with E-state index in [2.05, 4.69) is 6.07 Å². The van der Waals surface area contributed by atoms with Crippen molar-refractivity contribution >= 4 is 50.6 Å². The van der Waals surface area contributed by atoms with Gasteiger partial charge in [-0.25, -0.2) is 4.79 Å². The van der Waals surface area contributed by atoms with Gasteiger partial charge in [0.05, 0.1) is 29.2 Å². The SMILES string of the molecule is CCCOc1ccc(C2C(C#N)=C(N)Oc3cc(OC(=O)c4sc5cccc(Cl)c5c4Cl)ccc32)cc1OCC. The molecule has 40 heavy (non-hydrogen) atoms. The van der Waals surface area contributed by atoms with E-state index >= 15 is 0 Å². The van der Waals surface area contributed by atoms with Crippen LogP contribution in [-0.4, -0.2) is 19.2 Å². The van der Waals surface area contributed by atoms with E-state index in [4.69, 9.17) is 47.9 Å². The summed E-state index contributed by atoms with van der Waals surface area (Å²) in [6, 6.07) is 18.0. The molecular weight excluding hydrogens is 571 g/mol. The van der Waals surface area contributed by atoms with E-state index in [1.165, 1.54) is 11.3 Å². The van der Waals surface area contributed by atoms with Crippen molar-refractivity contribution in [2.75, 3.05) is 13.2 Å². The topological polar surface area (TPSA) is 104 Å². The van der Waals surface area contributed by atoms with Crippen LogP contribution in [0.15, 0.2) is 66.1 Å². The van der Waals surface area contributed by atoms with E-state index < -0.39 is 11.9 Å². The van der Waals surface area contributed by atoms with Crippen molar-refractivity contribution in [1.29, 1.82) is 5.26 Å². The van der Waals surface area contributed by atoms with Crippen LogP contribution in [0.25, 0.3) is 10.1 Å². The standard InChI is InChI=1S/C30H24Cl2N2O5S/c1-3-12-37-21-11-8-16(13-23(21)36-4-2)25-18-10-9-17(14-22(18)39-29(34)19(25)15-33)38-30(35)28-27(32)26-20(31)6-5-7-24(26)40-28/h5-11,13-14,25H,3-4,12,34H2,1-2H3. The minimum Gasteiger partial charge on any atom is -0.490 e. The molecule has 204 valence electrons. The number of thiophene rings is 1. The van der Waals surface area contributed by atoms with Crippen LogP contribution >= 0.6 is 34.5 Å². The molecule has 7 nitrogen and oxygen atoms in total. The van der Waals surface area contributed by atoms with Crippen LogP contribution in [0.1, 0.15) is 47.0 Å². The number of carbonyl (C=O) groups excluding carboxylic acids is 1. The zero-order valence-electron chi connectivity index (χ0n) is 21.6. The highest BCUT2D eigenvalue weighted by Crippen LogP contribution is 2.46. The molecule has 0 spiro atoms. The number of fused-ring (bicyclic) bond motifs is 2. The van der Waals surface area contributed by atoms with E-state index in [-0.39, 0.29) is 27.1 Å². The van der Waals surface area contributed by atoms with Crippen molar-refractivity contribution in [2.45, 2.75) is 26.2 Å². The third kappa shape index (κ3) is 5.16. The molecule has 1 unspecified atom stereocenters. The Balaban J connectivity index is 1.49. The minimum absolute atomic E-state index is 0.0325. The number of hydrogen-bond acceptors (Lipinski definition) is 8. The van der Waals surface area contributed by atoms with Crippen molar-refractivity contribution in [2.24, 2.45) is 5.73 Å². The van der Waals surface area contributed by atoms with Gasteiger partial charge in [0.2, 0.25) is 5.88 Å². The van der Waals surface area contributed by atoms with E-state index in [1.807, 2.05) is 38.1 Å². The van der Waals surface area contributed by atoms with Crippen LogP contribution in [0.5, 0.6) is 23.0 Å². The molecule has 10 heteroatoms. The average molecular weight is 596 g/mol. The van der Waals surface area contributed by atoms with E-state index in [1.54, 1.807) is 30.3 Å². The summed E-state index contributed by atoms with van der Waals surface area (Å²) in [6.45, 7) is 4.92. The zero-order chi connectivity index (χ0) is 28.4. The first-order chi connectivity index (χ1) is 19.4. The Kier molecular flexibility index (Phi) is 8.08. The summed E-state index contributed by atoms with van der Waals surface area (Å²) in [5.41, 5.74) is 7.90. The summed E-state index contributed by atoms with van der Waals surface area (Å²) >= 11 is 14.0. The first-order valence-electron chi connectivity index (χ1n) is 12.6. The summed E-state index contributed by atoms with van der Waals surface area (Å²) in [4.78, 5) is 13.3. The maximum Gasteiger partial charge on any atom is 0.355 e. The van der Waals surface area contributed by atoms with Gasteiger partial charge < -0.3 is 24.7 Å². The molecule has 0 bridgehead atoms. The second kappa shape index (κ2) is 11.7. The summed E-state index contributed by atoms with van der Waals surface area (Å²) in [7, 11) is 0. The Bertz CT molecular complexity index is 1690. The lowest BCUT2D eigenvalue weighted by Crippen LogP contribution is -2.21. The Morgan fingerprint density at radius 1 is 1.10 bits per heavy atom. The second-order valence-corrected chi connectivity index (χ2v) is 10.7. The maximum absolute atomic E-state index is 13.1. The molecule has 2 heterocycles. The van der Waals surface area contributed by atoms with Crippen LogP contribution in [0.2, 0.25) is 10.0 Å². The molecule has 5 rings (SSSR count). The number of carbonyl (C=O) groups is 1. The number of allylic oxidation sites excluding steroid dienone is 1. The van der Waals surface area contributed by atoms with Gasteiger partial charge in [0.15, 0.2) is 11.5 Å². The monoisotopic (exact) mass is 594 g/mol. The third-order valence-corrected chi connectivity index (χ3v) is 8.20. The Hall–Kier alpha value is -3.90. The van der Waals surface area contributed by atoms with Gasteiger partial charge in [-0.3, -0.25) is 0 Å². The molecule has 4 aromatic rings. The fraction of sp³-hybridized carbons (Fsp3) is 0.200. The molecule has 0 fully saturated rings.